The molecule has 8 heteroatoms. The van der Waals surface area contributed by atoms with Crippen molar-refractivity contribution in [3.8, 4) is 22.9 Å². The number of nitrogens with one attached hydrogen (secondary N) is 1. The Kier molecular flexibility index (Phi) is 5.97. The number of rotatable bonds is 7. The molecule has 0 aliphatic heterocycles. The van der Waals surface area contributed by atoms with Gasteiger partial charge in [-0.3, -0.25) is 0 Å². The fourth-order valence-electron chi connectivity index (χ4n) is 2.44. The molecule has 3 aromatic rings. The van der Waals surface area contributed by atoms with E-state index in [2.05, 4.69) is 15.3 Å². The average molecular weight is 386 g/mol. The van der Waals surface area contributed by atoms with Crippen LogP contribution in [0.1, 0.15) is 18.9 Å². The van der Waals surface area contributed by atoms with Crippen molar-refractivity contribution >= 4 is 18.4 Å². The van der Waals surface area contributed by atoms with E-state index in [0.717, 1.165) is 12.0 Å². The number of hydrogen-bond donors (Lipinski definition) is 1. The molecule has 0 bridgehead atoms. The number of ether oxygens (including phenoxy) is 2. The normalized spacial score (nSPS) is 11.1. The molecule has 1 aromatic heterocycles. The molecular formula is C19H19FN4O2S. The van der Waals surface area contributed by atoms with Crippen LogP contribution < -0.4 is 9.47 Å². The van der Waals surface area contributed by atoms with E-state index in [1.165, 1.54) is 10.7 Å². The van der Waals surface area contributed by atoms with Gasteiger partial charge in [0, 0.05) is 0 Å². The third kappa shape index (κ3) is 4.22. The van der Waals surface area contributed by atoms with E-state index in [0.29, 0.717) is 29.5 Å². The second-order valence-electron chi connectivity index (χ2n) is 5.65. The Morgan fingerprint density at radius 2 is 2.07 bits per heavy atom. The summed E-state index contributed by atoms with van der Waals surface area (Å²) in [5.74, 6) is 1.17. The highest BCUT2D eigenvalue weighted by molar-refractivity contribution is 7.71. The van der Waals surface area contributed by atoms with Gasteiger partial charge < -0.3 is 9.47 Å². The molecule has 6 nitrogen and oxygen atoms in total. The number of methoxy groups -OCH3 is 1. The van der Waals surface area contributed by atoms with Gasteiger partial charge in [0.1, 0.15) is 5.82 Å². The minimum Gasteiger partial charge on any atom is -0.493 e. The Morgan fingerprint density at radius 1 is 1.26 bits per heavy atom. The second-order valence-corrected chi connectivity index (χ2v) is 6.03. The molecule has 0 aliphatic rings. The summed E-state index contributed by atoms with van der Waals surface area (Å²) >= 11 is 5.21. The Balaban J connectivity index is 1.92. The van der Waals surface area contributed by atoms with Gasteiger partial charge in [0.05, 0.1) is 25.5 Å². The lowest BCUT2D eigenvalue weighted by atomic mass is 10.2. The first-order chi connectivity index (χ1) is 13.1. The largest absolute Gasteiger partial charge is 0.493 e. The standard InChI is InChI=1S/C19H19FN4O2S/c1-3-10-26-16-9-8-13(11-17(16)25-2)12-21-24-18(22-23-19(24)27)14-6-4-5-7-15(14)20/h4-9,11-12H,3,10H2,1-2H3,(H,23,27)/b21-12-. The molecule has 0 amide bonds. The summed E-state index contributed by atoms with van der Waals surface area (Å²) in [6, 6.07) is 11.8. The maximum Gasteiger partial charge on any atom is 0.216 e. The Bertz CT molecular complexity index is 1010. The first kappa shape index (κ1) is 18.8. The van der Waals surface area contributed by atoms with E-state index in [-0.39, 0.29) is 4.77 Å². The van der Waals surface area contributed by atoms with Crippen LogP contribution in [-0.2, 0) is 0 Å². The molecular weight excluding hydrogens is 367 g/mol. The third-order valence-electron chi connectivity index (χ3n) is 3.74. The highest BCUT2D eigenvalue weighted by atomic mass is 32.1. The molecule has 0 aliphatic carbocycles. The van der Waals surface area contributed by atoms with Gasteiger partial charge in [0.25, 0.3) is 0 Å². The number of nitrogens with zero attached hydrogens (tertiary/aromatic N) is 3. The van der Waals surface area contributed by atoms with E-state index in [9.17, 15) is 4.39 Å². The predicted octanol–water partition coefficient (Wildman–Crippen LogP) is 4.43. The topological polar surface area (TPSA) is 64.4 Å². The van der Waals surface area contributed by atoms with Crippen LogP contribution in [-0.4, -0.2) is 34.8 Å². The second kappa shape index (κ2) is 8.59. The minimum absolute atomic E-state index is 0.263. The lowest BCUT2D eigenvalue weighted by molar-refractivity contribution is 0.294. The molecule has 1 heterocycles. The molecule has 0 saturated heterocycles. The van der Waals surface area contributed by atoms with Crippen molar-refractivity contribution in [3.05, 3.63) is 58.6 Å². The van der Waals surface area contributed by atoms with Crippen LogP contribution in [0.4, 0.5) is 4.39 Å². The molecule has 27 heavy (non-hydrogen) atoms. The molecule has 0 fully saturated rings. The Labute approximate surface area is 161 Å². The highest BCUT2D eigenvalue weighted by Gasteiger charge is 2.12. The first-order valence-electron chi connectivity index (χ1n) is 8.41. The van der Waals surface area contributed by atoms with Gasteiger partial charge in [-0.1, -0.05) is 19.1 Å². The maximum atomic E-state index is 14.1. The van der Waals surface area contributed by atoms with Gasteiger partial charge >= 0.3 is 0 Å². The molecule has 0 spiro atoms. The van der Waals surface area contributed by atoms with Crippen molar-refractivity contribution in [1.82, 2.24) is 14.9 Å². The summed E-state index contributed by atoms with van der Waals surface area (Å²) in [7, 11) is 1.58. The van der Waals surface area contributed by atoms with Crippen molar-refractivity contribution < 1.29 is 13.9 Å². The van der Waals surface area contributed by atoms with E-state index in [1.807, 2.05) is 19.1 Å². The zero-order valence-corrected chi connectivity index (χ0v) is 15.8. The highest BCUT2D eigenvalue weighted by Crippen LogP contribution is 2.28. The Morgan fingerprint density at radius 3 is 2.81 bits per heavy atom. The van der Waals surface area contributed by atoms with E-state index < -0.39 is 5.82 Å². The maximum absolute atomic E-state index is 14.1. The predicted molar refractivity (Wildman–Crippen MR) is 105 cm³/mol. The summed E-state index contributed by atoms with van der Waals surface area (Å²) in [5, 5.41) is 11.1. The average Bonchev–Trinajstić information content (AvgIpc) is 3.05. The Hall–Kier alpha value is -3.00. The van der Waals surface area contributed by atoms with Crippen LogP contribution in [0.3, 0.4) is 0 Å². The van der Waals surface area contributed by atoms with Crippen LogP contribution in [0.25, 0.3) is 11.4 Å². The third-order valence-corrected chi connectivity index (χ3v) is 4.00. The summed E-state index contributed by atoms with van der Waals surface area (Å²) in [4.78, 5) is 0. The van der Waals surface area contributed by atoms with Crippen LogP contribution >= 0.6 is 12.2 Å². The first-order valence-corrected chi connectivity index (χ1v) is 8.82. The van der Waals surface area contributed by atoms with Crippen molar-refractivity contribution in [2.45, 2.75) is 13.3 Å². The number of halogens is 1. The molecule has 3 rings (SSSR count). The van der Waals surface area contributed by atoms with E-state index in [1.54, 1.807) is 37.6 Å². The summed E-state index contributed by atoms with van der Waals surface area (Å²) in [6.07, 6.45) is 2.51. The molecule has 1 N–H and O–H groups in total. The van der Waals surface area contributed by atoms with Crippen molar-refractivity contribution in [3.63, 3.8) is 0 Å². The van der Waals surface area contributed by atoms with Crippen molar-refractivity contribution in [1.29, 1.82) is 0 Å². The van der Waals surface area contributed by atoms with E-state index >= 15 is 0 Å². The smallest absolute Gasteiger partial charge is 0.216 e. The van der Waals surface area contributed by atoms with Crippen LogP contribution in [0.15, 0.2) is 47.6 Å². The number of benzene rings is 2. The zero-order chi connectivity index (χ0) is 19.2. The van der Waals surface area contributed by atoms with Gasteiger partial charge in [0.2, 0.25) is 4.77 Å². The van der Waals surface area contributed by atoms with Crippen molar-refractivity contribution in [2.75, 3.05) is 13.7 Å². The van der Waals surface area contributed by atoms with Crippen LogP contribution in [0.5, 0.6) is 11.5 Å². The lowest BCUT2D eigenvalue weighted by Gasteiger charge is -2.10. The lowest BCUT2D eigenvalue weighted by Crippen LogP contribution is -1.99. The molecule has 140 valence electrons. The van der Waals surface area contributed by atoms with Crippen molar-refractivity contribution in [2.24, 2.45) is 5.10 Å². The number of aromatic amines is 1. The summed E-state index contributed by atoms with van der Waals surface area (Å²) in [6.45, 7) is 2.65. The van der Waals surface area contributed by atoms with Crippen LogP contribution in [0.2, 0.25) is 0 Å². The molecule has 0 unspecified atom stereocenters. The number of H-pyrrole nitrogens is 1. The number of hydrogen-bond acceptors (Lipinski definition) is 5. The SMILES string of the molecule is CCCOc1ccc(/C=N\n2c(-c3ccccc3F)n[nH]c2=S)cc1OC. The number of aromatic nitrogens is 3. The van der Waals surface area contributed by atoms with Gasteiger partial charge in [-0.2, -0.15) is 14.9 Å². The zero-order valence-electron chi connectivity index (χ0n) is 15.0. The van der Waals surface area contributed by atoms with Crippen LogP contribution in [0, 0.1) is 10.6 Å². The fourth-order valence-corrected chi connectivity index (χ4v) is 2.62. The molecule has 0 saturated carbocycles. The summed E-state index contributed by atoms with van der Waals surface area (Å²) in [5.41, 5.74) is 1.08. The molecule has 2 aromatic carbocycles. The monoisotopic (exact) mass is 386 g/mol. The van der Waals surface area contributed by atoms with Gasteiger partial charge in [-0.25, -0.2) is 9.49 Å². The van der Waals surface area contributed by atoms with Gasteiger partial charge in [0.15, 0.2) is 17.3 Å². The molecule has 0 radical (unpaired) electrons. The van der Waals surface area contributed by atoms with E-state index in [4.69, 9.17) is 21.7 Å². The molecule has 0 atom stereocenters. The fraction of sp³-hybridized carbons (Fsp3) is 0.211. The van der Waals surface area contributed by atoms with Gasteiger partial charge in [-0.15, -0.1) is 0 Å². The minimum atomic E-state index is -0.401. The van der Waals surface area contributed by atoms with Gasteiger partial charge in [-0.05, 0) is 54.5 Å². The quantitative estimate of drug-likeness (QED) is 0.482. The summed E-state index contributed by atoms with van der Waals surface area (Å²) < 4.78 is 26.7.